The lowest BCUT2D eigenvalue weighted by molar-refractivity contribution is 0.584. The monoisotopic (exact) mass is 192 g/mol. The molecule has 2 rings (SSSR count). The molecule has 1 aromatic carbocycles. The highest BCUT2D eigenvalue weighted by atomic mass is 19.1. The Kier molecular flexibility index (Phi) is 2.08. The maximum atomic E-state index is 12.9. The second-order valence-corrected chi connectivity index (χ2v) is 3.09. The largest absolute Gasteiger partial charge is 0.350 e. The molecule has 2 aromatic rings. The fraction of sp³-hybridized carbons (Fsp3) is 0.0909. The number of rotatable bonds is 1. The molecule has 0 N–H and O–H groups in total. The lowest BCUT2D eigenvalue weighted by Crippen LogP contribution is -1.91. The molecule has 0 unspecified atom stereocenters. The molecule has 0 bridgehead atoms. The van der Waals surface area contributed by atoms with Crippen molar-refractivity contribution in [3.8, 4) is 11.3 Å². The van der Waals surface area contributed by atoms with Gasteiger partial charge < -0.3 is 4.57 Å². The molecule has 0 amide bonds. The van der Waals surface area contributed by atoms with Gasteiger partial charge >= 0.3 is 0 Å². The van der Waals surface area contributed by atoms with Crippen LogP contribution in [0, 0.1) is 17.7 Å². The summed E-state index contributed by atoms with van der Waals surface area (Å²) in [6, 6.07) is 8.00. The highest BCUT2D eigenvalue weighted by Gasteiger charge is 2.05. The number of nitrogens with zero attached hydrogens (tertiary/aromatic N) is 1. The summed E-state index contributed by atoms with van der Waals surface area (Å²) in [5.41, 5.74) is 1.26. The molecule has 0 atom stereocenters. The van der Waals surface area contributed by atoms with Crippen LogP contribution in [0.25, 0.3) is 11.3 Å². The van der Waals surface area contributed by atoms with Gasteiger partial charge in [-0.15, -0.1) is 0 Å². The summed E-state index contributed by atoms with van der Waals surface area (Å²) in [5.74, 6) is -1.14. The maximum Gasteiger partial charge on any atom is 0.126 e. The van der Waals surface area contributed by atoms with E-state index in [-0.39, 0.29) is 0 Å². The van der Waals surface area contributed by atoms with Crippen molar-refractivity contribution in [2.75, 3.05) is 0 Å². The van der Waals surface area contributed by atoms with Crippen molar-refractivity contribution in [3.63, 3.8) is 0 Å². The van der Waals surface area contributed by atoms with E-state index in [0.29, 0.717) is 5.56 Å². The van der Waals surface area contributed by atoms with Gasteiger partial charge in [-0.1, -0.05) is 0 Å². The minimum Gasteiger partial charge on any atom is -0.350 e. The molecule has 1 radical (unpaired) electrons. The second-order valence-electron chi connectivity index (χ2n) is 3.09. The summed E-state index contributed by atoms with van der Waals surface area (Å²) in [6.45, 7) is 0. The van der Waals surface area contributed by atoms with Crippen LogP contribution in [-0.4, -0.2) is 4.57 Å². The Labute approximate surface area is 80.6 Å². The number of aryl methyl sites for hydroxylation is 1. The smallest absolute Gasteiger partial charge is 0.126 e. The molecule has 0 aliphatic rings. The van der Waals surface area contributed by atoms with E-state index in [2.05, 4.69) is 6.07 Å². The van der Waals surface area contributed by atoms with Crippen LogP contribution in [0.3, 0.4) is 0 Å². The maximum absolute atomic E-state index is 12.9. The van der Waals surface area contributed by atoms with E-state index in [4.69, 9.17) is 0 Å². The summed E-state index contributed by atoms with van der Waals surface area (Å²) >= 11 is 0. The standard InChI is InChI=1S/C11H8F2N/c1-14-4-2-3-11(14)8-5-9(12)7-10(13)6-8/h3-7H,1H3. The van der Waals surface area contributed by atoms with Crippen LogP contribution in [0.15, 0.2) is 30.5 Å². The Bertz CT molecular complexity index is 440. The zero-order valence-corrected chi connectivity index (χ0v) is 7.59. The lowest BCUT2D eigenvalue weighted by atomic mass is 10.1. The van der Waals surface area contributed by atoms with E-state index >= 15 is 0 Å². The lowest BCUT2D eigenvalue weighted by Gasteiger charge is -2.03. The fourth-order valence-corrected chi connectivity index (χ4v) is 1.39. The summed E-state index contributed by atoms with van der Waals surface area (Å²) in [7, 11) is 1.80. The molecular weight excluding hydrogens is 184 g/mol. The van der Waals surface area contributed by atoms with Gasteiger partial charge in [0.05, 0.1) is 0 Å². The van der Waals surface area contributed by atoms with E-state index in [0.717, 1.165) is 11.8 Å². The first-order valence-electron chi connectivity index (χ1n) is 4.16. The summed E-state index contributed by atoms with van der Waals surface area (Å²) < 4.78 is 27.5. The van der Waals surface area contributed by atoms with Crippen molar-refractivity contribution in [2.45, 2.75) is 0 Å². The second kappa shape index (κ2) is 3.25. The third kappa shape index (κ3) is 1.53. The minimum atomic E-state index is -0.568. The van der Waals surface area contributed by atoms with Crippen molar-refractivity contribution >= 4 is 0 Å². The quantitative estimate of drug-likeness (QED) is 0.654. The van der Waals surface area contributed by atoms with Crippen molar-refractivity contribution < 1.29 is 8.78 Å². The average molecular weight is 192 g/mol. The topological polar surface area (TPSA) is 4.93 Å². The molecule has 3 heteroatoms. The van der Waals surface area contributed by atoms with Crippen LogP contribution in [0.5, 0.6) is 0 Å². The zero-order valence-electron chi connectivity index (χ0n) is 7.59. The average Bonchev–Trinajstić information content (AvgIpc) is 2.49. The van der Waals surface area contributed by atoms with Crippen molar-refractivity contribution in [1.82, 2.24) is 4.57 Å². The number of hydrogen-bond acceptors (Lipinski definition) is 0. The molecule has 71 valence electrons. The fourth-order valence-electron chi connectivity index (χ4n) is 1.39. The summed E-state index contributed by atoms with van der Waals surface area (Å²) in [6.07, 6.45) is 1.71. The van der Waals surface area contributed by atoms with Crippen LogP contribution in [0.1, 0.15) is 0 Å². The molecule has 1 heterocycles. The van der Waals surface area contributed by atoms with Crippen LogP contribution in [0.4, 0.5) is 8.78 Å². The van der Waals surface area contributed by atoms with Gasteiger partial charge in [-0.25, -0.2) is 8.78 Å². The number of halogens is 2. The molecule has 0 spiro atoms. The molecule has 0 aliphatic heterocycles. The molecule has 1 aromatic heterocycles. The number of aromatic nitrogens is 1. The van der Waals surface area contributed by atoms with Gasteiger partial charge in [-0.2, -0.15) is 0 Å². The normalized spacial score (nSPS) is 10.5. The third-order valence-corrected chi connectivity index (χ3v) is 2.03. The molecule has 0 saturated carbocycles. The SMILES string of the molecule is Cn1c[c]cc1-c1cc(F)cc(F)c1. The van der Waals surface area contributed by atoms with Crippen LogP contribution < -0.4 is 0 Å². The predicted octanol–water partition coefficient (Wildman–Crippen LogP) is 2.77. The first-order chi connectivity index (χ1) is 6.66. The van der Waals surface area contributed by atoms with Crippen LogP contribution in [-0.2, 0) is 7.05 Å². The Hall–Kier alpha value is -1.64. The number of benzene rings is 1. The van der Waals surface area contributed by atoms with Gasteiger partial charge in [0.1, 0.15) is 11.6 Å². The molecule has 1 nitrogen and oxygen atoms in total. The van der Waals surface area contributed by atoms with Gasteiger partial charge in [-0.3, -0.25) is 0 Å². The summed E-state index contributed by atoms with van der Waals surface area (Å²) in [4.78, 5) is 0. The molecule has 0 saturated heterocycles. The first-order valence-corrected chi connectivity index (χ1v) is 4.16. The van der Waals surface area contributed by atoms with Crippen molar-refractivity contribution in [2.24, 2.45) is 7.05 Å². The predicted molar refractivity (Wildman–Crippen MR) is 49.6 cm³/mol. The molecule has 0 fully saturated rings. The van der Waals surface area contributed by atoms with E-state index < -0.39 is 11.6 Å². The Morgan fingerprint density at radius 3 is 2.29 bits per heavy atom. The van der Waals surface area contributed by atoms with E-state index in [1.54, 1.807) is 23.9 Å². The molecule has 0 aliphatic carbocycles. The van der Waals surface area contributed by atoms with E-state index in [9.17, 15) is 8.78 Å². The van der Waals surface area contributed by atoms with Gasteiger partial charge in [0.15, 0.2) is 0 Å². The zero-order chi connectivity index (χ0) is 10.1. The highest BCUT2D eigenvalue weighted by molar-refractivity contribution is 5.59. The first kappa shape index (κ1) is 8.94. The third-order valence-electron chi connectivity index (χ3n) is 2.03. The summed E-state index contributed by atoms with van der Waals surface area (Å²) in [5, 5.41) is 0. The van der Waals surface area contributed by atoms with Crippen LogP contribution in [0.2, 0.25) is 0 Å². The van der Waals surface area contributed by atoms with E-state index in [1.807, 2.05) is 0 Å². The Morgan fingerprint density at radius 2 is 1.79 bits per heavy atom. The van der Waals surface area contributed by atoms with Crippen molar-refractivity contribution in [3.05, 3.63) is 48.2 Å². The minimum absolute atomic E-state index is 0.520. The van der Waals surface area contributed by atoms with Crippen molar-refractivity contribution in [1.29, 1.82) is 0 Å². The Balaban J connectivity index is 2.57. The van der Waals surface area contributed by atoms with Gasteiger partial charge in [0, 0.05) is 36.6 Å². The molecule has 14 heavy (non-hydrogen) atoms. The molecular formula is C11H8F2N. The van der Waals surface area contributed by atoms with Gasteiger partial charge in [0.2, 0.25) is 0 Å². The van der Waals surface area contributed by atoms with Gasteiger partial charge in [0.25, 0.3) is 0 Å². The van der Waals surface area contributed by atoms with Gasteiger partial charge in [-0.05, 0) is 18.2 Å². The Morgan fingerprint density at radius 1 is 1.14 bits per heavy atom. The van der Waals surface area contributed by atoms with E-state index in [1.165, 1.54) is 12.1 Å². The highest BCUT2D eigenvalue weighted by Crippen LogP contribution is 2.21. The number of hydrogen-bond donors (Lipinski definition) is 0. The van der Waals surface area contributed by atoms with Crippen LogP contribution >= 0.6 is 0 Å².